The van der Waals surface area contributed by atoms with E-state index in [1.165, 1.54) is 0 Å². The molecule has 0 aliphatic heterocycles. The summed E-state index contributed by atoms with van der Waals surface area (Å²) in [4.78, 5) is 4.32. The molecule has 2 nitrogen and oxygen atoms in total. The van der Waals surface area contributed by atoms with Gasteiger partial charge in [0.05, 0.1) is 16.8 Å². The molecule has 0 saturated carbocycles. The molecule has 1 unspecified atom stereocenters. The number of thiazole rings is 1. The monoisotopic (exact) mass is 214 g/mol. The second-order valence-corrected chi connectivity index (χ2v) is 5.11. The molecule has 0 bridgehead atoms. The lowest BCUT2D eigenvalue weighted by Gasteiger charge is -2.13. The van der Waals surface area contributed by atoms with Crippen molar-refractivity contribution in [1.29, 1.82) is 5.26 Å². The van der Waals surface area contributed by atoms with E-state index in [-0.39, 0.29) is 5.41 Å². The highest BCUT2D eigenvalue weighted by atomic mass is 35.5. The Bertz CT molecular complexity index is 332. The molecule has 1 aromatic heterocycles. The van der Waals surface area contributed by atoms with E-state index in [1.807, 2.05) is 11.4 Å². The first-order valence-corrected chi connectivity index (χ1v) is 5.26. The van der Waals surface area contributed by atoms with E-state index in [0.717, 1.165) is 5.01 Å². The third kappa shape index (κ3) is 2.43. The standard InChI is InChI=1S/C9H11ClN2S/c1-9(2,3)8-12-7(5-13-8)6(10)4-11/h5-6H,1-3H3. The minimum absolute atomic E-state index is 0.0367. The van der Waals surface area contributed by atoms with Gasteiger partial charge >= 0.3 is 0 Å². The normalized spacial score (nSPS) is 13.8. The van der Waals surface area contributed by atoms with Gasteiger partial charge in [-0.25, -0.2) is 4.98 Å². The maximum atomic E-state index is 8.58. The summed E-state index contributed by atoms with van der Waals surface area (Å²) >= 11 is 7.29. The van der Waals surface area contributed by atoms with E-state index in [2.05, 4.69) is 25.8 Å². The largest absolute Gasteiger partial charge is 0.243 e. The zero-order chi connectivity index (χ0) is 10.1. The molecule has 0 aliphatic rings. The Kier molecular flexibility index (Phi) is 2.94. The van der Waals surface area contributed by atoms with Crippen LogP contribution in [0.25, 0.3) is 0 Å². The molecule has 0 amide bonds. The molecule has 0 N–H and O–H groups in total. The van der Waals surface area contributed by atoms with E-state index in [4.69, 9.17) is 16.9 Å². The van der Waals surface area contributed by atoms with E-state index >= 15 is 0 Å². The Labute approximate surface area is 87.2 Å². The summed E-state index contributed by atoms with van der Waals surface area (Å²) in [5.74, 6) is 0. The molecule has 0 saturated heterocycles. The number of rotatable bonds is 1. The summed E-state index contributed by atoms with van der Waals surface area (Å²) in [6.07, 6.45) is 0. The van der Waals surface area contributed by atoms with E-state index in [9.17, 15) is 0 Å². The molecule has 0 spiro atoms. The fourth-order valence-electron chi connectivity index (χ4n) is 0.813. The summed E-state index contributed by atoms with van der Waals surface area (Å²) < 4.78 is 0. The van der Waals surface area contributed by atoms with Crippen LogP contribution in [0, 0.1) is 11.3 Å². The lowest BCUT2D eigenvalue weighted by molar-refractivity contribution is 0.583. The third-order valence-corrected chi connectivity index (χ3v) is 3.14. The number of nitrogens with zero attached hydrogens (tertiary/aromatic N) is 2. The molecule has 70 valence electrons. The first kappa shape index (κ1) is 10.5. The van der Waals surface area contributed by atoms with Crippen LogP contribution in [-0.4, -0.2) is 4.98 Å². The number of aromatic nitrogens is 1. The van der Waals surface area contributed by atoms with Crippen molar-refractivity contribution in [2.45, 2.75) is 31.6 Å². The Balaban J connectivity index is 2.95. The average molecular weight is 215 g/mol. The number of hydrogen-bond acceptors (Lipinski definition) is 3. The van der Waals surface area contributed by atoms with Crippen LogP contribution in [0.15, 0.2) is 5.38 Å². The van der Waals surface area contributed by atoms with Crippen LogP contribution in [-0.2, 0) is 5.41 Å². The summed E-state index contributed by atoms with van der Waals surface area (Å²) in [7, 11) is 0. The van der Waals surface area contributed by atoms with Gasteiger partial charge in [-0.2, -0.15) is 5.26 Å². The van der Waals surface area contributed by atoms with Gasteiger partial charge in [0, 0.05) is 10.8 Å². The van der Waals surface area contributed by atoms with Crippen LogP contribution in [0.5, 0.6) is 0 Å². The summed E-state index contributed by atoms with van der Waals surface area (Å²) in [6, 6.07) is 1.96. The number of alkyl halides is 1. The third-order valence-electron chi connectivity index (χ3n) is 1.54. The summed E-state index contributed by atoms with van der Waals surface area (Å²) in [5.41, 5.74) is 0.703. The summed E-state index contributed by atoms with van der Waals surface area (Å²) in [5, 5.41) is 10.8. The predicted octanol–water partition coefficient (Wildman–Crippen LogP) is 3.24. The Morgan fingerprint density at radius 2 is 2.23 bits per heavy atom. The van der Waals surface area contributed by atoms with E-state index < -0.39 is 5.38 Å². The quantitative estimate of drug-likeness (QED) is 0.673. The molecule has 1 heterocycles. The van der Waals surface area contributed by atoms with Crippen LogP contribution in [0.1, 0.15) is 36.8 Å². The van der Waals surface area contributed by atoms with Crippen molar-refractivity contribution in [3.05, 3.63) is 16.1 Å². The summed E-state index contributed by atoms with van der Waals surface area (Å²) in [6.45, 7) is 6.27. The van der Waals surface area contributed by atoms with Gasteiger partial charge in [0.25, 0.3) is 0 Å². The second kappa shape index (κ2) is 3.65. The molecular weight excluding hydrogens is 204 g/mol. The Morgan fingerprint density at radius 1 is 1.62 bits per heavy atom. The van der Waals surface area contributed by atoms with Crippen LogP contribution in [0.4, 0.5) is 0 Å². The van der Waals surface area contributed by atoms with Gasteiger partial charge in [0.2, 0.25) is 0 Å². The van der Waals surface area contributed by atoms with Gasteiger partial charge in [-0.1, -0.05) is 32.4 Å². The van der Waals surface area contributed by atoms with Crippen molar-refractivity contribution < 1.29 is 0 Å². The molecule has 0 aliphatic carbocycles. The Hall–Kier alpha value is -0.590. The predicted molar refractivity (Wildman–Crippen MR) is 55.0 cm³/mol. The maximum Gasteiger partial charge on any atom is 0.163 e. The number of hydrogen-bond donors (Lipinski definition) is 0. The molecule has 0 radical (unpaired) electrons. The highest BCUT2D eigenvalue weighted by Gasteiger charge is 2.20. The molecule has 0 fully saturated rings. The van der Waals surface area contributed by atoms with Gasteiger partial charge in [0.1, 0.15) is 0 Å². The van der Waals surface area contributed by atoms with Crippen molar-refractivity contribution in [3.8, 4) is 6.07 Å². The van der Waals surface area contributed by atoms with Crippen molar-refractivity contribution in [2.24, 2.45) is 0 Å². The van der Waals surface area contributed by atoms with Crippen molar-refractivity contribution in [1.82, 2.24) is 4.98 Å². The second-order valence-electron chi connectivity index (χ2n) is 3.82. The van der Waals surface area contributed by atoms with Crippen LogP contribution >= 0.6 is 22.9 Å². The number of nitriles is 1. The molecule has 4 heteroatoms. The zero-order valence-electron chi connectivity index (χ0n) is 7.84. The SMILES string of the molecule is CC(C)(C)c1nc(C(Cl)C#N)cs1. The van der Waals surface area contributed by atoms with Crippen LogP contribution in [0.2, 0.25) is 0 Å². The highest BCUT2D eigenvalue weighted by molar-refractivity contribution is 7.09. The van der Waals surface area contributed by atoms with Crippen molar-refractivity contribution in [3.63, 3.8) is 0 Å². The topological polar surface area (TPSA) is 36.7 Å². The fraction of sp³-hybridized carbons (Fsp3) is 0.556. The maximum absolute atomic E-state index is 8.58. The van der Waals surface area contributed by atoms with Crippen molar-refractivity contribution >= 4 is 22.9 Å². The molecule has 13 heavy (non-hydrogen) atoms. The van der Waals surface area contributed by atoms with Gasteiger partial charge in [-0.3, -0.25) is 0 Å². The Morgan fingerprint density at radius 3 is 2.62 bits per heavy atom. The lowest BCUT2D eigenvalue weighted by atomic mass is 9.98. The van der Waals surface area contributed by atoms with Gasteiger partial charge < -0.3 is 0 Å². The molecule has 0 aromatic carbocycles. The first-order chi connectivity index (χ1) is 5.95. The molecule has 1 aromatic rings. The molecular formula is C9H11ClN2S. The van der Waals surface area contributed by atoms with Gasteiger partial charge in [-0.15, -0.1) is 11.3 Å². The molecule has 1 atom stereocenters. The van der Waals surface area contributed by atoms with Gasteiger partial charge in [-0.05, 0) is 0 Å². The first-order valence-electron chi connectivity index (χ1n) is 3.94. The minimum atomic E-state index is -0.618. The van der Waals surface area contributed by atoms with Crippen molar-refractivity contribution in [2.75, 3.05) is 0 Å². The van der Waals surface area contributed by atoms with E-state index in [1.54, 1.807) is 11.3 Å². The number of halogens is 1. The minimum Gasteiger partial charge on any atom is -0.243 e. The lowest BCUT2D eigenvalue weighted by Crippen LogP contribution is -2.10. The van der Waals surface area contributed by atoms with Crippen LogP contribution < -0.4 is 0 Å². The van der Waals surface area contributed by atoms with Gasteiger partial charge in [0.15, 0.2) is 5.38 Å². The zero-order valence-corrected chi connectivity index (χ0v) is 9.41. The fourth-order valence-corrected chi connectivity index (χ4v) is 1.93. The average Bonchev–Trinajstić information content (AvgIpc) is 2.50. The van der Waals surface area contributed by atoms with E-state index in [0.29, 0.717) is 5.69 Å². The molecule has 1 rings (SSSR count). The van der Waals surface area contributed by atoms with Crippen LogP contribution in [0.3, 0.4) is 0 Å². The highest BCUT2D eigenvalue weighted by Crippen LogP contribution is 2.29. The smallest absolute Gasteiger partial charge is 0.163 e.